The molecule has 0 atom stereocenters. The van der Waals surface area contributed by atoms with Crippen molar-refractivity contribution < 1.29 is 13.7 Å². The van der Waals surface area contributed by atoms with E-state index in [0.717, 1.165) is 18.5 Å². The van der Waals surface area contributed by atoms with Crippen LogP contribution in [0.2, 0.25) is 0 Å². The van der Waals surface area contributed by atoms with E-state index in [2.05, 4.69) is 4.98 Å². The summed E-state index contributed by atoms with van der Waals surface area (Å²) >= 11 is 0. The fourth-order valence-electron chi connectivity index (χ4n) is 2.22. The highest BCUT2D eigenvalue weighted by Gasteiger charge is 2.52. The summed E-state index contributed by atoms with van der Waals surface area (Å²) in [5.41, 5.74) is 0.516. The molecule has 2 aliphatic rings. The Balaban J connectivity index is 1.92. The molecule has 1 aromatic heterocycles. The van der Waals surface area contributed by atoms with Crippen molar-refractivity contribution in [1.82, 2.24) is 4.98 Å². The van der Waals surface area contributed by atoms with Crippen LogP contribution in [0.15, 0.2) is 12.3 Å². The molecule has 0 aromatic carbocycles. The molecule has 19 heavy (non-hydrogen) atoms. The second-order valence-electron chi connectivity index (χ2n) is 6.49. The number of hydrogen-bond donors (Lipinski definition) is 0. The van der Waals surface area contributed by atoms with Crippen molar-refractivity contribution in [2.75, 3.05) is 0 Å². The Morgan fingerprint density at radius 3 is 2.32 bits per heavy atom. The summed E-state index contributed by atoms with van der Waals surface area (Å²) in [7, 11) is -0.648. The topological polar surface area (TPSA) is 31.4 Å². The van der Waals surface area contributed by atoms with Gasteiger partial charge in [0.15, 0.2) is 0 Å². The smallest absolute Gasteiger partial charge is 0.399 e. The monoisotopic (exact) mass is 263 g/mol. The molecule has 0 spiro atoms. The molecule has 5 heteroatoms. The molecular weight excluding hydrogens is 244 g/mol. The summed E-state index contributed by atoms with van der Waals surface area (Å²) in [6.45, 7) is 7.86. The van der Waals surface area contributed by atoms with Gasteiger partial charge in [0.05, 0.1) is 17.4 Å². The van der Waals surface area contributed by atoms with Gasteiger partial charge in [0, 0.05) is 17.1 Å². The Labute approximate surface area is 113 Å². The maximum Gasteiger partial charge on any atom is 0.497 e. The minimum Gasteiger partial charge on any atom is -0.399 e. The second kappa shape index (κ2) is 4.03. The summed E-state index contributed by atoms with van der Waals surface area (Å²) in [6.07, 6.45) is 3.57. The number of halogens is 1. The standard InChI is InChI=1S/C14H19BFNO2/c1-13(2)14(3,4)19-15(18-13)10-7-12(9-5-6-9)17-8-11(10)16/h7-9H,5-6H2,1-4H3. The Hall–Kier alpha value is -0.935. The van der Waals surface area contributed by atoms with Gasteiger partial charge in [-0.2, -0.15) is 0 Å². The van der Waals surface area contributed by atoms with Gasteiger partial charge in [-0.05, 0) is 46.6 Å². The number of hydrogen-bond acceptors (Lipinski definition) is 3. The zero-order valence-electron chi connectivity index (χ0n) is 11.9. The van der Waals surface area contributed by atoms with Crippen molar-refractivity contribution in [3.05, 3.63) is 23.8 Å². The molecule has 1 saturated heterocycles. The van der Waals surface area contributed by atoms with Gasteiger partial charge in [-0.3, -0.25) is 4.98 Å². The summed E-state index contributed by atoms with van der Waals surface area (Å²) in [5, 5.41) is 0. The highest BCUT2D eigenvalue weighted by atomic mass is 19.1. The van der Waals surface area contributed by atoms with Gasteiger partial charge in [-0.1, -0.05) is 0 Å². The fourth-order valence-corrected chi connectivity index (χ4v) is 2.22. The van der Waals surface area contributed by atoms with E-state index in [-0.39, 0.29) is 5.82 Å². The van der Waals surface area contributed by atoms with E-state index < -0.39 is 18.3 Å². The average Bonchev–Trinajstić information content (AvgIpc) is 3.08. The molecular formula is C14H19BFNO2. The molecule has 1 aliphatic carbocycles. The SMILES string of the molecule is CC1(C)OB(c2cc(C3CC3)ncc2F)OC1(C)C. The van der Waals surface area contributed by atoms with Crippen molar-refractivity contribution in [2.45, 2.75) is 57.7 Å². The number of rotatable bonds is 2. The van der Waals surface area contributed by atoms with Crippen LogP contribution in [-0.2, 0) is 9.31 Å². The Bertz CT molecular complexity index is 498. The van der Waals surface area contributed by atoms with Crippen molar-refractivity contribution in [2.24, 2.45) is 0 Å². The number of aromatic nitrogens is 1. The van der Waals surface area contributed by atoms with E-state index in [1.54, 1.807) is 6.07 Å². The first-order valence-corrected chi connectivity index (χ1v) is 6.81. The van der Waals surface area contributed by atoms with Crippen LogP contribution in [0.4, 0.5) is 4.39 Å². The fraction of sp³-hybridized carbons (Fsp3) is 0.643. The molecule has 0 N–H and O–H groups in total. The van der Waals surface area contributed by atoms with Gasteiger partial charge in [-0.15, -0.1) is 0 Å². The summed E-state index contributed by atoms with van der Waals surface area (Å²) in [4.78, 5) is 4.16. The van der Waals surface area contributed by atoms with E-state index >= 15 is 0 Å². The van der Waals surface area contributed by atoms with E-state index in [1.807, 2.05) is 27.7 Å². The number of nitrogens with zero attached hydrogens (tertiary/aromatic N) is 1. The molecule has 1 aliphatic heterocycles. The lowest BCUT2D eigenvalue weighted by molar-refractivity contribution is 0.00578. The molecule has 1 aromatic rings. The molecule has 0 bridgehead atoms. The molecule has 1 saturated carbocycles. The van der Waals surface area contributed by atoms with Crippen molar-refractivity contribution in [1.29, 1.82) is 0 Å². The quantitative estimate of drug-likeness (QED) is 0.768. The largest absolute Gasteiger partial charge is 0.497 e. The Morgan fingerprint density at radius 2 is 1.79 bits per heavy atom. The molecule has 0 amide bonds. The first kappa shape index (κ1) is 13.1. The van der Waals surface area contributed by atoms with Crippen molar-refractivity contribution >= 4 is 12.6 Å². The lowest BCUT2D eigenvalue weighted by Gasteiger charge is -2.32. The highest BCUT2D eigenvalue weighted by molar-refractivity contribution is 6.62. The molecule has 3 rings (SSSR count). The molecule has 2 heterocycles. The van der Waals surface area contributed by atoms with Gasteiger partial charge < -0.3 is 9.31 Å². The van der Waals surface area contributed by atoms with Crippen LogP contribution in [0.3, 0.4) is 0 Å². The van der Waals surface area contributed by atoms with Gasteiger partial charge in [0.25, 0.3) is 0 Å². The lowest BCUT2D eigenvalue weighted by Crippen LogP contribution is -2.41. The van der Waals surface area contributed by atoms with Crippen LogP contribution in [0.25, 0.3) is 0 Å². The average molecular weight is 263 g/mol. The van der Waals surface area contributed by atoms with E-state index in [1.165, 1.54) is 6.20 Å². The van der Waals surface area contributed by atoms with E-state index in [0.29, 0.717) is 11.4 Å². The van der Waals surface area contributed by atoms with Crippen LogP contribution >= 0.6 is 0 Å². The zero-order valence-corrected chi connectivity index (χ0v) is 11.9. The maximum absolute atomic E-state index is 14.0. The van der Waals surface area contributed by atoms with E-state index in [9.17, 15) is 4.39 Å². The predicted octanol–water partition coefficient (Wildman–Crippen LogP) is 2.40. The highest BCUT2D eigenvalue weighted by Crippen LogP contribution is 2.39. The van der Waals surface area contributed by atoms with Gasteiger partial charge in [-0.25, -0.2) is 4.39 Å². The van der Waals surface area contributed by atoms with Crippen LogP contribution < -0.4 is 5.46 Å². The molecule has 0 unspecified atom stereocenters. The summed E-state index contributed by atoms with van der Waals surface area (Å²) in [5.74, 6) is 0.129. The third-order valence-corrected chi connectivity index (χ3v) is 4.41. The maximum atomic E-state index is 14.0. The Kier molecular flexibility index (Phi) is 2.77. The molecule has 0 radical (unpaired) electrons. The first-order chi connectivity index (χ1) is 8.80. The third kappa shape index (κ3) is 2.19. The van der Waals surface area contributed by atoms with Crippen LogP contribution in [0.5, 0.6) is 0 Å². The molecule has 2 fully saturated rings. The van der Waals surface area contributed by atoms with Crippen LogP contribution in [-0.4, -0.2) is 23.3 Å². The van der Waals surface area contributed by atoms with Crippen LogP contribution in [0.1, 0.15) is 52.1 Å². The Morgan fingerprint density at radius 1 is 1.21 bits per heavy atom. The minimum atomic E-state index is -0.648. The molecule has 102 valence electrons. The van der Waals surface area contributed by atoms with Crippen LogP contribution in [0, 0.1) is 5.82 Å². The number of pyridine rings is 1. The predicted molar refractivity (Wildman–Crippen MR) is 71.9 cm³/mol. The third-order valence-electron chi connectivity index (χ3n) is 4.41. The summed E-state index contributed by atoms with van der Waals surface area (Å²) in [6, 6.07) is 1.80. The summed E-state index contributed by atoms with van der Waals surface area (Å²) < 4.78 is 25.8. The first-order valence-electron chi connectivity index (χ1n) is 6.81. The zero-order chi connectivity index (χ0) is 13.8. The minimum absolute atomic E-state index is 0.358. The van der Waals surface area contributed by atoms with Crippen molar-refractivity contribution in [3.8, 4) is 0 Å². The van der Waals surface area contributed by atoms with Gasteiger partial charge in [0.1, 0.15) is 5.82 Å². The molecule has 3 nitrogen and oxygen atoms in total. The second-order valence-corrected chi connectivity index (χ2v) is 6.49. The van der Waals surface area contributed by atoms with E-state index in [4.69, 9.17) is 9.31 Å². The van der Waals surface area contributed by atoms with Gasteiger partial charge in [0.2, 0.25) is 0 Å². The normalized spacial score (nSPS) is 24.8. The van der Waals surface area contributed by atoms with Crippen molar-refractivity contribution in [3.63, 3.8) is 0 Å². The van der Waals surface area contributed by atoms with Gasteiger partial charge >= 0.3 is 7.12 Å². The lowest BCUT2D eigenvalue weighted by atomic mass is 9.78.